The molecule has 1 aromatic carbocycles. The molecular weight excluding hydrogens is 262 g/mol. The van der Waals surface area contributed by atoms with Gasteiger partial charge in [-0.3, -0.25) is 9.69 Å². The zero-order valence-electron chi connectivity index (χ0n) is 11.2. The highest BCUT2D eigenvalue weighted by Crippen LogP contribution is 2.23. The van der Waals surface area contributed by atoms with Crippen LogP contribution < -0.4 is 11.1 Å². The number of likely N-dealkylation sites (tertiary alicyclic amines) is 1. The average Bonchev–Trinajstić information content (AvgIpc) is 2.88. The first kappa shape index (κ1) is 14.2. The molecule has 5 heteroatoms. The summed E-state index contributed by atoms with van der Waals surface area (Å²) in [6.07, 6.45) is 3.17. The van der Waals surface area contributed by atoms with Crippen LogP contribution in [-0.4, -0.2) is 29.9 Å². The molecule has 104 valence electrons. The molecule has 0 aliphatic carbocycles. The van der Waals surface area contributed by atoms with E-state index in [1.54, 1.807) is 18.2 Å². The number of nitrogens with zero attached hydrogens (tertiary/aromatic N) is 1. The molecule has 19 heavy (non-hydrogen) atoms. The molecule has 1 aliphatic rings. The predicted molar refractivity (Wildman–Crippen MR) is 79.4 cm³/mol. The van der Waals surface area contributed by atoms with Crippen LogP contribution in [-0.2, 0) is 4.79 Å². The number of nitrogens with two attached hydrogens (primary N) is 1. The number of carbonyl (C=O) groups is 1. The Balaban J connectivity index is 2.03. The van der Waals surface area contributed by atoms with Crippen molar-refractivity contribution in [2.75, 3.05) is 24.1 Å². The molecule has 3 N–H and O–H groups in total. The van der Waals surface area contributed by atoms with Gasteiger partial charge in [-0.05, 0) is 50.6 Å². The quantitative estimate of drug-likeness (QED) is 0.835. The van der Waals surface area contributed by atoms with Crippen molar-refractivity contribution in [2.45, 2.75) is 32.2 Å². The molecule has 1 fully saturated rings. The van der Waals surface area contributed by atoms with Gasteiger partial charge in [0.2, 0.25) is 5.91 Å². The average molecular weight is 282 g/mol. The van der Waals surface area contributed by atoms with Gasteiger partial charge in [-0.15, -0.1) is 0 Å². The first-order chi connectivity index (χ1) is 9.11. The SMILES string of the molecule is CCC(C(=O)Nc1ccc(Cl)c(N)c1)N1CCCC1. The van der Waals surface area contributed by atoms with Crippen LogP contribution in [0.1, 0.15) is 26.2 Å². The summed E-state index contributed by atoms with van der Waals surface area (Å²) in [4.78, 5) is 14.5. The summed E-state index contributed by atoms with van der Waals surface area (Å²) >= 11 is 5.86. The lowest BCUT2D eigenvalue weighted by atomic mass is 10.1. The first-order valence-electron chi connectivity index (χ1n) is 6.71. The van der Waals surface area contributed by atoms with E-state index in [-0.39, 0.29) is 11.9 Å². The number of amides is 1. The third kappa shape index (κ3) is 3.39. The number of nitrogens with one attached hydrogen (secondary N) is 1. The van der Waals surface area contributed by atoms with Gasteiger partial charge in [0.25, 0.3) is 0 Å². The Kier molecular flexibility index (Phi) is 4.66. The lowest BCUT2D eigenvalue weighted by molar-refractivity contribution is -0.121. The number of carbonyl (C=O) groups excluding carboxylic acids is 1. The van der Waals surface area contributed by atoms with Crippen LogP contribution in [0.4, 0.5) is 11.4 Å². The van der Waals surface area contributed by atoms with E-state index in [0.717, 1.165) is 19.5 Å². The fourth-order valence-corrected chi connectivity index (χ4v) is 2.63. The van der Waals surface area contributed by atoms with Crippen molar-refractivity contribution in [3.05, 3.63) is 23.2 Å². The number of hydrogen-bond donors (Lipinski definition) is 2. The van der Waals surface area contributed by atoms with Crippen molar-refractivity contribution in [1.29, 1.82) is 0 Å². The second kappa shape index (κ2) is 6.26. The smallest absolute Gasteiger partial charge is 0.241 e. The normalized spacial score (nSPS) is 17.4. The number of rotatable bonds is 4. The number of anilines is 2. The number of benzene rings is 1. The molecule has 2 rings (SSSR count). The molecule has 1 aliphatic heterocycles. The minimum Gasteiger partial charge on any atom is -0.397 e. The van der Waals surface area contributed by atoms with Crippen molar-refractivity contribution in [1.82, 2.24) is 4.90 Å². The fourth-order valence-electron chi connectivity index (χ4n) is 2.51. The third-order valence-electron chi connectivity index (χ3n) is 3.53. The molecule has 1 atom stereocenters. The summed E-state index contributed by atoms with van der Waals surface area (Å²) in [6.45, 7) is 4.06. The van der Waals surface area contributed by atoms with E-state index in [1.165, 1.54) is 12.8 Å². The maximum absolute atomic E-state index is 12.3. The molecule has 1 amide bonds. The monoisotopic (exact) mass is 281 g/mol. The molecule has 0 radical (unpaired) electrons. The molecule has 1 heterocycles. The Hall–Kier alpha value is -1.26. The Morgan fingerprint density at radius 3 is 2.74 bits per heavy atom. The third-order valence-corrected chi connectivity index (χ3v) is 3.88. The van der Waals surface area contributed by atoms with Crippen LogP contribution >= 0.6 is 11.6 Å². The van der Waals surface area contributed by atoms with Crippen LogP contribution in [0.2, 0.25) is 5.02 Å². The lowest BCUT2D eigenvalue weighted by Crippen LogP contribution is -2.42. The standard InChI is InChI=1S/C14H20ClN3O/c1-2-13(18-7-3-4-8-18)14(19)17-10-5-6-11(15)12(16)9-10/h5-6,9,13H,2-4,7-8,16H2,1H3,(H,17,19). The van der Waals surface area contributed by atoms with E-state index in [2.05, 4.69) is 10.2 Å². The van der Waals surface area contributed by atoms with Gasteiger partial charge in [0.15, 0.2) is 0 Å². The number of halogens is 1. The molecule has 0 bridgehead atoms. The summed E-state index contributed by atoms with van der Waals surface area (Å²) in [5.41, 5.74) is 6.91. The second-order valence-corrected chi connectivity index (χ2v) is 5.30. The van der Waals surface area contributed by atoms with E-state index in [4.69, 9.17) is 17.3 Å². The molecule has 0 spiro atoms. The summed E-state index contributed by atoms with van der Waals surface area (Å²) < 4.78 is 0. The van der Waals surface area contributed by atoms with Crippen LogP contribution in [0.3, 0.4) is 0 Å². The maximum atomic E-state index is 12.3. The predicted octanol–water partition coefficient (Wildman–Crippen LogP) is 2.74. The van der Waals surface area contributed by atoms with Crippen molar-refractivity contribution in [2.24, 2.45) is 0 Å². The summed E-state index contributed by atoms with van der Waals surface area (Å²) in [6, 6.07) is 5.10. The fraction of sp³-hybridized carbons (Fsp3) is 0.500. The second-order valence-electron chi connectivity index (χ2n) is 4.89. The van der Waals surface area contributed by atoms with Crippen LogP contribution in [0, 0.1) is 0 Å². The zero-order valence-corrected chi connectivity index (χ0v) is 11.9. The Bertz CT molecular complexity index is 458. The molecule has 0 saturated carbocycles. The van der Waals surface area contributed by atoms with Crippen LogP contribution in [0.25, 0.3) is 0 Å². The van der Waals surface area contributed by atoms with Crippen LogP contribution in [0.15, 0.2) is 18.2 Å². The van der Waals surface area contributed by atoms with Crippen molar-refractivity contribution < 1.29 is 4.79 Å². The van der Waals surface area contributed by atoms with E-state index in [9.17, 15) is 4.79 Å². The van der Waals surface area contributed by atoms with E-state index in [1.807, 2.05) is 6.92 Å². The first-order valence-corrected chi connectivity index (χ1v) is 7.09. The Labute approximate surface area is 118 Å². The minimum absolute atomic E-state index is 0.0334. The van der Waals surface area contributed by atoms with Gasteiger partial charge in [-0.2, -0.15) is 0 Å². The van der Waals surface area contributed by atoms with Gasteiger partial charge in [-0.1, -0.05) is 18.5 Å². The molecule has 1 unspecified atom stereocenters. The highest BCUT2D eigenvalue weighted by molar-refractivity contribution is 6.33. The zero-order chi connectivity index (χ0) is 13.8. The van der Waals surface area contributed by atoms with E-state index in [0.29, 0.717) is 16.4 Å². The van der Waals surface area contributed by atoms with Gasteiger partial charge >= 0.3 is 0 Å². The van der Waals surface area contributed by atoms with Gasteiger partial charge in [-0.25, -0.2) is 0 Å². The van der Waals surface area contributed by atoms with Gasteiger partial charge in [0.1, 0.15) is 0 Å². The summed E-state index contributed by atoms with van der Waals surface area (Å²) in [7, 11) is 0. The van der Waals surface area contributed by atoms with Crippen molar-refractivity contribution >= 4 is 28.9 Å². The molecule has 1 aromatic rings. The van der Waals surface area contributed by atoms with Crippen LogP contribution in [0.5, 0.6) is 0 Å². The van der Waals surface area contributed by atoms with Crippen molar-refractivity contribution in [3.8, 4) is 0 Å². The topological polar surface area (TPSA) is 58.4 Å². The lowest BCUT2D eigenvalue weighted by Gasteiger charge is -2.25. The molecule has 0 aromatic heterocycles. The van der Waals surface area contributed by atoms with Crippen molar-refractivity contribution in [3.63, 3.8) is 0 Å². The molecule has 4 nitrogen and oxygen atoms in total. The largest absolute Gasteiger partial charge is 0.397 e. The maximum Gasteiger partial charge on any atom is 0.241 e. The van der Waals surface area contributed by atoms with Gasteiger partial charge in [0, 0.05) is 5.69 Å². The highest BCUT2D eigenvalue weighted by Gasteiger charge is 2.26. The molecule has 1 saturated heterocycles. The highest BCUT2D eigenvalue weighted by atomic mass is 35.5. The van der Waals surface area contributed by atoms with E-state index >= 15 is 0 Å². The number of hydrogen-bond acceptors (Lipinski definition) is 3. The number of nitrogen functional groups attached to an aromatic ring is 1. The van der Waals surface area contributed by atoms with E-state index < -0.39 is 0 Å². The van der Waals surface area contributed by atoms with Gasteiger partial charge < -0.3 is 11.1 Å². The van der Waals surface area contributed by atoms with Gasteiger partial charge in [0.05, 0.1) is 16.8 Å². The minimum atomic E-state index is -0.0561. The Morgan fingerprint density at radius 2 is 2.16 bits per heavy atom. The molecular formula is C14H20ClN3O. The summed E-state index contributed by atoms with van der Waals surface area (Å²) in [5, 5.41) is 3.42. The summed E-state index contributed by atoms with van der Waals surface area (Å²) in [5.74, 6) is 0.0334. The Morgan fingerprint density at radius 1 is 1.47 bits per heavy atom.